The average molecular weight is 268 g/mol. The molecule has 2 heterocycles. The first kappa shape index (κ1) is 9.67. The van der Waals surface area contributed by atoms with Gasteiger partial charge in [0, 0.05) is 16.9 Å². The number of fused-ring (bicyclic) bond motifs is 3. The van der Waals surface area contributed by atoms with E-state index in [9.17, 15) is 0 Å². The molecule has 15 heavy (non-hydrogen) atoms. The molecule has 0 bridgehead atoms. The van der Waals surface area contributed by atoms with Crippen LogP contribution in [0.5, 0.6) is 5.75 Å². The molecule has 1 aromatic rings. The second-order valence-electron chi connectivity index (χ2n) is 4.34. The van der Waals surface area contributed by atoms with Crippen LogP contribution in [0.2, 0.25) is 0 Å². The molecule has 2 aliphatic rings. The Balaban J connectivity index is 2.06. The largest absolute Gasteiger partial charge is 0.493 e. The minimum atomic E-state index is 0.639. The molecule has 0 unspecified atom stereocenters. The van der Waals surface area contributed by atoms with E-state index < -0.39 is 0 Å². The number of ether oxygens (including phenoxy) is 1. The maximum absolute atomic E-state index is 5.79. The zero-order valence-electron chi connectivity index (χ0n) is 8.50. The van der Waals surface area contributed by atoms with Crippen molar-refractivity contribution < 1.29 is 4.74 Å². The average Bonchev–Trinajstić information content (AvgIpc) is 2.62. The Bertz CT molecular complexity index is 380. The highest BCUT2D eigenvalue weighted by atomic mass is 79.9. The molecule has 1 aromatic carbocycles. The lowest BCUT2D eigenvalue weighted by Gasteiger charge is -2.15. The van der Waals surface area contributed by atoms with Gasteiger partial charge in [-0.25, -0.2) is 0 Å². The van der Waals surface area contributed by atoms with Gasteiger partial charge in [0.25, 0.3) is 0 Å². The van der Waals surface area contributed by atoms with Crippen molar-refractivity contribution in [2.75, 3.05) is 19.7 Å². The van der Waals surface area contributed by atoms with Crippen LogP contribution in [0.25, 0.3) is 0 Å². The van der Waals surface area contributed by atoms with E-state index in [1.165, 1.54) is 12.0 Å². The summed E-state index contributed by atoms with van der Waals surface area (Å²) in [5, 5.41) is 3.48. The van der Waals surface area contributed by atoms with Crippen molar-refractivity contribution in [1.29, 1.82) is 0 Å². The van der Waals surface area contributed by atoms with E-state index in [1.807, 2.05) is 0 Å². The lowest BCUT2D eigenvalue weighted by Crippen LogP contribution is -2.11. The van der Waals surface area contributed by atoms with E-state index >= 15 is 0 Å². The fourth-order valence-electron chi connectivity index (χ4n) is 2.66. The van der Waals surface area contributed by atoms with Crippen LogP contribution < -0.4 is 10.1 Å². The van der Waals surface area contributed by atoms with E-state index in [1.54, 1.807) is 0 Å². The quantitative estimate of drug-likeness (QED) is 0.780. The highest BCUT2D eigenvalue weighted by Gasteiger charge is 2.32. The normalized spacial score (nSPS) is 28.9. The van der Waals surface area contributed by atoms with Gasteiger partial charge in [-0.05, 0) is 42.6 Å². The third-order valence-corrected chi connectivity index (χ3v) is 3.95. The van der Waals surface area contributed by atoms with E-state index in [0.29, 0.717) is 5.92 Å². The van der Waals surface area contributed by atoms with E-state index in [-0.39, 0.29) is 0 Å². The molecular weight excluding hydrogens is 254 g/mol. The number of hydrogen-bond acceptors (Lipinski definition) is 2. The van der Waals surface area contributed by atoms with Crippen molar-refractivity contribution in [1.82, 2.24) is 5.32 Å². The van der Waals surface area contributed by atoms with Gasteiger partial charge in [0.2, 0.25) is 0 Å². The number of rotatable bonds is 0. The number of halogens is 1. The third kappa shape index (κ3) is 1.68. The van der Waals surface area contributed by atoms with E-state index in [0.717, 1.165) is 35.8 Å². The lowest BCUT2D eigenvalue weighted by molar-refractivity contribution is 0.296. The van der Waals surface area contributed by atoms with E-state index in [2.05, 4.69) is 39.4 Å². The predicted molar refractivity (Wildman–Crippen MR) is 63.4 cm³/mol. The fraction of sp³-hybridized carbons (Fsp3) is 0.500. The molecule has 2 nitrogen and oxygen atoms in total. The van der Waals surface area contributed by atoms with Crippen molar-refractivity contribution in [3.8, 4) is 5.75 Å². The highest BCUT2D eigenvalue weighted by Crippen LogP contribution is 2.39. The molecule has 0 aliphatic carbocycles. The Morgan fingerprint density at radius 2 is 2.27 bits per heavy atom. The standard InChI is InChI=1S/C12H14BrNO/c13-9-1-2-12-10(5-9)11-7-14-6-8(11)3-4-15-12/h1-2,5,8,11,14H,3-4,6-7H2/t8-,11-/m1/s1. The summed E-state index contributed by atoms with van der Waals surface area (Å²) in [6.45, 7) is 3.09. The topological polar surface area (TPSA) is 21.3 Å². The minimum Gasteiger partial charge on any atom is -0.493 e. The Kier molecular flexibility index (Phi) is 2.45. The molecule has 2 aliphatic heterocycles. The lowest BCUT2D eigenvalue weighted by atomic mass is 9.87. The Labute approximate surface area is 98.1 Å². The van der Waals surface area contributed by atoms with Gasteiger partial charge >= 0.3 is 0 Å². The Morgan fingerprint density at radius 3 is 3.20 bits per heavy atom. The first-order valence-electron chi connectivity index (χ1n) is 5.47. The SMILES string of the molecule is Brc1ccc2c(c1)[C@@H]1CNC[C@H]1CCO2. The van der Waals surface area contributed by atoms with Gasteiger partial charge in [0.15, 0.2) is 0 Å². The number of hydrogen-bond donors (Lipinski definition) is 1. The zero-order valence-corrected chi connectivity index (χ0v) is 10.1. The van der Waals surface area contributed by atoms with Crippen molar-refractivity contribution in [2.45, 2.75) is 12.3 Å². The molecule has 1 saturated heterocycles. The van der Waals surface area contributed by atoms with Gasteiger partial charge in [-0.1, -0.05) is 15.9 Å². The summed E-state index contributed by atoms with van der Waals surface area (Å²) in [7, 11) is 0. The molecule has 0 saturated carbocycles. The third-order valence-electron chi connectivity index (χ3n) is 3.46. The summed E-state index contributed by atoms with van der Waals surface area (Å²) >= 11 is 3.54. The smallest absolute Gasteiger partial charge is 0.122 e. The summed E-state index contributed by atoms with van der Waals surface area (Å²) in [4.78, 5) is 0. The van der Waals surface area contributed by atoms with Crippen molar-refractivity contribution in [3.05, 3.63) is 28.2 Å². The predicted octanol–water partition coefficient (Wildman–Crippen LogP) is 2.53. The second kappa shape index (κ2) is 3.80. The van der Waals surface area contributed by atoms with Crippen LogP contribution in [0.15, 0.2) is 22.7 Å². The summed E-state index contributed by atoms with van der Waals surface area (Å²) in [6, 6.07) is 6.35. The molecule has 80 valence electrons. The van der Waals surface area contributed by atoms with Gasteiger partial charge in [0.05, 0.1) is 6.61 Å². The molecule has 3 heteroatoms. The zero-order chi connectivity index (χ0) is 10.3. The van der Waals surface area contributed by atoms with Crippen LogP contribution in [0.4, 0.5) is 0 Å². The van der Waals surface area contributed by atoms with Gasteiger partial charge < -0.3 is 10.1 Å². The van der Waals surface area contributed by atoms with Crippen LogP contribution in [-0.4, -0.2) is 19.7 Å². The molecule has 3 rings (SSSR count). The second-order valence-corrected chi connectivity index (χ2v) is 5.26. The van der Waals surface area contributed by atoms with Crippen molar-refractivity contribution in [3.63, 3.8) is 0 Å². The Morgan fingerprint density at radius 1 is 1.33 bits per heavy atom. The fourth-order valence-corrected chi connectivity index (χ4v) is 3.04. The summed E-state index contributed by atoms with van der Waals surface area (Å²) in [6.07, 6.45) is 1.17. The molecular formula is C12H14BrNO. The van der Waals surface area contributed by atoms with Gasteiger partial charge in [-0.15, -0.1) is 0 Å². The van der Waals surface area contributed by atoms with Gasteiger partial charge in [0.1, 0.15) is 5.75 Å². The van der Waals surface area contributed by atoms with Crippen LogP contribution in [0, 0.1) is 5.92 Å². The molecule has 0 amide bonds. The monoisotopic (exact) mass is 267 g/mol. The Hall–Kier alpha value is -0.540. The summed E-state index contributed by atoms with van der Waals surface area (Å²) in [5.74, 6) is 2.47. The maximum Gasteiger partial charge on any atom is 0.122 e. The molecule has 0 radical (unpaired) electrons. The molecule has 0 aromatic heterocycles. The van der Waals surface area contributed by atoms with Crippen molar-refractivity contribution >= 4 is 15.9 Å². The van der Waals surface area contributed by atoms with Gasteiger partial charge in [-0.2, -0.15) is 0 Å². The minimum absolute atomic E-state index is 0.639. The van der Waals surface area contributed by atoms with Gasteiger partial charge in [-0.3, -0.25) is 0 Å². The number of nitrogens with one attached hydrogen (secondary N) is 1. The van der Waals surface area contributed by atoms with Crippen LogP contribution in [0.1, 0.15) is 17.9 Å². The number of benzene rings is 1. The highest BCUT2D eigenvalue weighted by molar-refractivity contribution is 9.10. The van der Waals surface area contributed by atoms with E-state index in [4.69, 9.17) is 4.74 Å². The van der Waals surface area contributed by atoms with Crippen molar-refractivity contribution in [2.24, 2.45) is 5.92 Å². The first-order valence-corrected chi connectivity index (χ1v) is 6.27. The summed E-state index contributed by atoms with van der Waals surface area (Å²) in [5.41, 5.74) is 1.37. The summed E-state index contributed by atoms with van der Waals surface area (Å²) < 4.78 is 6.94. The maximum atomic E-state index is 5.79. The first-order chi connectivity index (χ1) is 7.34. The van der Waals surface area contributed by atoms with Crippen LogP contribution in [0.3, 0.4) is 0 Å². The molecule has 1 N–H and O–H groups in total. The van der Waals surface area contributed by atoms with Crippen LogP contribution in [-0.2, 0) is 0 Å². The molecule has 1 fully saturated rings. The van der Waals surface area contributed by atoms with Crippen LogP contribution >= 0.6 is 15.9 Å². The molecule has 2 atom stereocenters. The molecule has 0 spiro atoms.